The zero-order valence-corrected chi connectivity index (χ0v) is 9.86. The lowest BCUT2D eigenvalue weighted by atomic mass is 10.2. The molecular formula is C10H18N2OS. The van der Waals surface area contributed by atoms with Crippen molar-refractivity contribution in [3.63, 3.8) is 0 Å². The van der Waals surface area contributed by atoms with E-state index in [9.17, 15) is 0 Å². The Morgan fingerprint density at radius 3 is 3.00 bits per heavy atom. The van der Waals surface area contributed by atoms with E-state index < -0.39 is 0 Å². The van der Waals surface area contributed by atoms with E-state index in [1.165, 1.54) is 4.88 Å². The molecule has 0 spiro atoms. The molecule has 1 aromatic rings. The SMILES string of the molecule is CCOCCNC(C)c1scnc1C. The van der Waals surface area contributed by atoms with E-state index in [1.54, 1.807) is 11.3 Å². The summed E-state index contributed by atoms with van der Waals surface area (Å²) in [6.45, 7) is 8.68. The van der Waals surface area contributed by atoms with Crippen LogP contribution in [0.4, 0.5) is 0 Å². The molecule has 1 N–H and O–H groups in total. The molecular weight excluding hydrogens is 196 g/mol. The predicted molar refractivity (Wildman–Crippen MR) is 59.8 cm³/mol. The van der Waals surface area contributed by atoms with Crippen LogP contribution >= 0.6 is 11.3 Å². The summed E-state index contributed by atoms with van der Waals surface area (Å²) in [6, 6.07) is 0.378. The molecule has 0 aliphatic heterocycles. The standard InChI is InChI=1S/C10H18N2OS/c1-4-13-6-5-11-8(2)10-9(3)12-7-14-10/h7-8,11H,4-6H2,1-3H3. The lowest BCUT2D eigenvalue weighted by molar-refractivity contribution is 0.147. The van der Waals surface area contributed by atoms with Gasteiger partial charge in [-0.05, 0) is 20.8 Å². The second-order valence-electron chi connectivity index (χ2n) is 3.17. The fourth-order valence-electron chi connectivity index (χ4n) is 1.31. The summed E-state index contributed by atoms with van der Waals surface area (Å²) < 4.78 is 5.26. The third-order valence-corrected chi connectivity index (χ3v) is 3.19. The molecule has 0 radical (unpaired) electrons. The van der Waals surface area contributed by atoms with Gasteiger partial charge in [-0.3, -0.25) is 0 Å². The number of aromatic nitrogens is 1. The lowest BCUT2D eigenvalue weighted by Gasteiger charge is -2.12. The average molecular weight is 214 g/mol. The second-order valence-corrected chi connectivity index (χ2v) is 4.06. The van der Waals surface area contributed by atoms with Crippen LogP contribution in [0.3, 0.4) is 0 Å². The van der Waals surface area contributed by atoms with E-state index in [0.717, 1.165) is 25.5 Å². The van der Waals surface area contributed by atoms with Crippen LogP contribution in [0, 0.1) is 6.92 Å². The van der Waals surface area contributed by atoms with Gasteiger partial charge < -0.3 is 10.1 Å². The van der Waals surface area contributed by atoms with Crippen molar-refractivity contribution in [3.05, 3.63) is 16.1 Å². The molecule has 1 aromatic heterocycles. The molecule has 0 saturated heterocycles. The van der Waals surface area contributed by atoms with Crippen LogP contribution in [0.1, 0.15) is 30.5 Å². The van der Waals surface area contributed by atoms with Crippen LogP contribution in [0.5, 0.6) is 0 Å². The van der Waals surface area contributed by atoms with Gasteiger partial charge in [0.15, 0.2) is 0 Å². The van der Waals surface area contributed by atoms with Gasteiger partial charge in [-0.25, -0.2) is 4.98 Å². The highest BCUT2D eigenvalue weighted by Gasteiger charge is 2.09. The largest absolute Gasteiger partial charge is 0.380 e. The molecule has 1 heterocycles. The monoisotopic (exact) mass is 214 g/mol. The van der Waals surface area contributed by atoms with Gasteiger partial charge in [-0.15, -0.1) is 11.3 Å². The predicted octanol–water partition coefficient (Wildman–Crippen LogP) is 2.14. The van der Waals surface area contributed by atoms with Crippen molar-refractivity contribution in [1.82, 2.24) is 10.3 Å². The van der Waals surface area contributed by atoms with Crippen molar-refractivity contribution in [2.24, 2.45) is 0 Å². The first kappa shape index (κ1) is 11.6. The summed E-state index contributed by atoms with van der Waals surface area (Å²) >= 11 is 1.71. The molecule has 14 heavy (non-hydrogen) atoms. The second kappa shape index (κ2) is 6.11. The summed E-state index contributed by atoms with van der Waals surface area (Å²) in [5.74, 6) is 0. The quantitative estimate of drug-likeness (QED) is 0.737. The van der Waals surface area contributed by atoms with E-state index in [-0.39, 0.29) is 0 Å². The maximum absolute atomic E-state index is 5.26. The summed E-state index contributed by atoms with van der Waals surface area (Å²) in [5.41, 5.74) is 3.03. The molecule has 3 nitrogen and oxygen atoms in total. The van der Waals surface area contributed by atoms with Gasteiger partial charge in [-0.2, -0.15) is 0 Å². The van der Waals surface area contributed by atoms with Gasteiger partial charge in [0, 0.05) is 24.1 Å². The minimum Gasteiger partial charge on any atom is -0.380 e. The Balaban J connectivity index is 2.28. The van der Waals surface area contributed by atoms with E-state index in [2.05, 4.69) is 17.2 Å². The molecule has 0 aliphatic carbocycles. The van der Waals surface area contributed by atoms with E-state index >= 15 is 0 Å². The molecule has 1 rings (SSSR count). The summed E-state index contributed by atoms with van der Waals surface area (Å²) in [7, 11) is 0. The summed E-state index contributed by atoms with van der Waals surface area (Å²) in [5, 5.41) is 3.41. The maximum atomic E-state index is 5.26. The average Bonchev–Trinajstić information content (AvgIpc) is 2.59. The molecule has 0 fully saturated rings. The highest BCUT2D eigenvalue weighted by Crippen LogP contribution is 2.20. The van der Waals surface area contributed by atoms with Crippen molar-refractivity contribution < 1.29 is 4.74 Å². The summed E-state index contributed by atoms with van der Waals surface area (Å²) in [6.07, 6.45) is 0. The number of hydrogen-bond donors (Lipinski definition) is 1. The Hall–Kier alpha value is -0.450. The Kier molecular flexibility index (Phi) is 5.07. The van der Waals surface area contributed by atoms with Gasteiger partial charge in [0.05, 0.1) is 17.8 Å². The number of hydrogen-bond acceptors (Lipinski definition) is 4. The van der Waals surface area contributed by atoms with Crippen LogP contribution in [-0.2, 0) is 4.74 Å². The number of aryl methyl sites for hydroxylation is 1. The summed E-state index contributed by atoms with van der Waals surface area (Å²) in [4.78, 5) is 5.55. The molecule has 0 bridgehead atoms. The number of rotatable bonds is 6. The van der Waals surface area contributed by atoms with Gasteiger partial charge >= 0.3 is 0 Å². The van der Waals surface area contributed by atoms with Crippen LogP contribution in [-0.4, -0.2) is 24.7 Å². The number of ether oxygens (including phenoxy) is 1. The maximum Gasteiger partial charge on any atom is 0.0798 e. The van der Waals surface area contributed by atoms with Crippen molar-refractivity contribution in [1.29, 1.82) is 0 Å². The molecule has 4 heteroatoms. The van der Waals surface area contributed by atoms with Crippen LogP contribution in [0.15, 0.2) is 5.51 Å². The molecule has 0 amide bonds. The first-order valence-corrected chi connectivity index (χ1v) is 5.84. The molecule has 1 atom stereocenters. The van der Waals surface area contributed by atoms with Crippen molar-refractivity contribution in [2.75, 3.05) is 19.8 Å². The topological polar surface area (TPSA) is 34.1 Å². The highest BCUT2D eigenvalue weighted by molar-refractivity contribution is 7.09. The van der Waals surface area contributed by atoms with E-state index in [0.29, 0.717) is 6.04 Å². The smallest absolute Gasteiger partial charge is 0.0798 e. The fourth-order valence-corrected chi connectivity index (χ4v) is 2.15. The van der Waals surface area contributed by atoms with Gasteiger partial charge in [0.25, 0.3) is 0 Å². The fraction of sp³-hybridized carbons (Fsp3) is 0.700. The number of nitrogens with zero attached hydrogens (tertiary/aromatic N) is 1. The molecule has 0 aliphatic rings. The van der Waals surface area contributed by atoms with E-state index in [4.69, 9.17) is 4.74 Å². The molecule has 1 unspecified atom stereocenters. The van der Waals surface area contributed by atoms with Gasteiger partial charge in [0.1, 0.15) is 0 Å². The van der Waals surface area contributed by atoms with Gasteiger partial charge in [-0.1, -0.05) is 0 Å². The number of nitrogens with one attached hydrogen (secondary N) is 1. The first-order chi connectivity index (χ1) is 6.75. The Morgan fingerprint density at radius 1 is 1.64 bits per heavy atom. The highest BCUT2D eigenvalue weighted by atomic mass is 32.1. The van der Waals surface area contributed by atoms with Crippen molar-refractivity contribution in [2.45, 2.75) is 26.8 Å². The Morgan fingerprint density at radius 2 is 2.43 bits per heavy atom. The van der Waals surface area contributed by atoms with Crippen LogP contribution < -0.4 is 5.32 Å². The molecule has 0 saturated carbocycles. The normalized spacial score (nSPS) is 13.1. The third kappa shape index (κ3) is 3.36. The Bertz CT molecular complexity index is 262. The first-order valence-electron chi connectivity index (χ1n) is 4.96. The Labute approximate surface area is 89.5 Å². The minimum absolute atomic E-state index is 0.378. The zero-order valence-electron chi connectivity index (χ0n) is 9.04. The molecule has 0 aromatic carbocycles. The van der Waals surface area contributed by atoms with Crippen LogP contribution in [0.2, 0.25) is 0 Å². The zero-order chi connectivity index (χ0) is 10.4. The minimum atomic E-state index is 0.378. The van der Waals surface area contributed by atoms with Crippen LogP contribution in [0.25, 0.3) is 0 Å². The third-order valence-electron chi connectivity index (χ3n) is 2.08. The van der Waals surface area contributed by atoms with Crippen molar-refractivity contribution in [3.8, 4) is 0 Å². The molecule has 80 valence electrons. The van der Waals surface area contributed by atoms with Gasteiger partial charge in [0.2, 0.25) is 0 Å². The van der Waals surface area contributed by atoms with Crippen molar-refractivity contribution >= 4 is 11.3 Å². The number of thiazole rings is 1. The lowest BCUT2D eigenvalue weighted by Crippen LogP contribution is -2.23. The van der Waals surface area contributed by atoms with E-state index in [1.807, 2.05) is 19.4 Å².